The molecule has 1 aromatic heterocycles. The lowest BCUT2D eigenvalue weighted by atomic mass is 9.99. The van der Waals surface area contributed by atoms with Crippen molar-refractivity contribution in [1.29, 1.82) is 0 Å². The number of amides is 1. The van der Waals surface area contributed by atoms with Crippen LogP contribution in [0.15, 0.2) is 42.6 Å². The summed E-state index contributed by atoms with van der Waals surface area (Å²) in [4.78, 5) is 32.0. The molecule has 1 aromatic carbocycles. The van der Waals surface area contributed by atoms with Crippen LogP contribution in [0.5, 0.6) is 5.75 Å². The van der Waals surface area contributed by atoms with Crippen LogP contribution in [0, 0.1) is 0 Å². The third-order valence-corrected chi connectivity index (χ3v) is 5.53. The Morgan fingerprint density at radius 3 is 2.50 bits per heavy atom. The summed E-state index contributed by atoms with van der Waals surface area (Å²) >= 11 is 0. The zero-order chi connectivity index (χ0) is 19.5. The molecular formula is C22H25N3O3. The summed E-state index contributed by atoms with van der Waals surface area (Å²) in [5, 5.41) is 9.41. The van der Waals surface area contributed by atoms with Crippen molar-refractivity contribution in [1.82, 2.24) is 14.8 Å². The number of phenolic OH excluding ortho intramolecular Hbond substituents is 1. The first kappa shape index (κ1) is 18.5. The maximum atomic E-state index is 12.6. The second kappa shape index (κ2) is 8.02. The molecule has 2 aromatic rings. The van der Waals surface area contributed by atoms with Crippen molar-refractivity contribution in [2.24, 2.45) is 0 Å². The van der Waals surface area contributed by atoms with Crippen molar-refractivity contribution in [3.05, 3.63) is 59.4 Å². The lowest BCUT2D eigenvalue weighted by Gasteiger charge is -2.25. The Kier molecular flexibility index (Phi) is 5.30. The number of aromatic nitrogens is 1. The standard InChI is InChI=1S/C22H25N3O3/c26-19-5-3-16(4-6-19)17-7-11-24(12-8-17)15-21(27)18-13-20(23-14-18)22(28)25-9-1-2-10-25/h3-7,13-14,23,26H,1-2,8-12,15H2. The number of rotatable bonds is 5. The summed E-state index contributed by atoms with van der Waals surface area (Å²) in [5.41, 5.74) is 3.41. The van der Waals surface area contributed by atoms with Gasteiger partial charge >= 0.3 is 0 Å². The lowest BCUT2D eigenvalue weighted by Crippen LogP contribution is -2.33. The van der Waals surface area contributed by atoms with E-state index < -0.39 is 0 Å². The number of H-pyrrole nitrogens is 1. The summed E-state index contributed by atoms with van der Waals surface area (Å²) in [6.07, 6.45) is 6.75. The average molecular weight is 379 g/mol. The number of aromatic hydroxyl groups is 1. The Bertz CT molecular complexity index is 892. The van der Waals surface area contributed by atoms with E-state index in [0.717, 1.165) is 44.5 Å². The van der Waals surface area contributed by atoms with Crippen LogP contribution in [0.1, 0.15) is 45.7 Å². The molecule has 0 radical (unpaired) electrons. The van der Waals surface area contributed by atoms with Crippen LogP contribution in [0.25, 0.3) is 5.57 Å². The second-order valence-electron chi connectivity index (χ2n) is 7.49. The molecule has 6 nitrogen and oxygen atoms in total. The maximum Gasteiger partial charge on any atom is 0.270 e. The zero-order valence-corrected chi connectivity index (χ0v) is 15.9. The number of Topliss-reactive ketones (excluding diaryl/α,β-unsaturated/α-hetero) is 1. The molecule has 1 fully saturated rings. The number of likely N-dealkylation sites (tertiary alicyclic amines) is 1. The zero-order valence-electron chi connectivity index (χ0n) is 15.9. The number of nitrogens with zero attached hydrogens (tertiary/aromatic N) is 2. The third kappa shape index (κ3) is 4.02. The first-order valence-corrected chi connectivity index (χ1v) is 9.82. The Morgan fingerprint density at radius 2 is 1.82 bits per heavy atom. The normalized spacial score (nSPS) is 17.6. The molecule has 2 aliphatic rings. The van der Waals surface area contributed by atoms with Gasteiger partial charge in [0.15, 0.2) is 5.78 Å². The largest absolute Gasteiger partial charge is 0.508 e. The number of carbonyl (C=O) groups excluding carboxylic acids is 2. The molecular weight excluding hydrogens is 354 g/mol. The Labute approximate surface area is 164 Å². The lowest BCUT2D eigenvalue weighted by molar-refractivity contribution is 0.0787. The topological polar surface area (TPSA) is 76.6 Å². The van der Waals surface area contributed by atoms with E-state index in [2.05, 4.69) is 16.0 Å². The SMILES string of the molecule is O=C(CN1CC=C(c2ccc(O)cc2)CC1)c1c[nH]c(C(=O)N2CCCC2)c1. The minimum Gasteiger partial charge on any atom is -0.508 e. The highest BCUT2D eigenvalue weighted by Gasteiger charge is 2.22. The molecule has 0 bridgehead atoms. The van der Waals surface area contributed by atoms with Gasteiger partial charge in [-0.1, -0.05) is 18.2 Å². The van der Waals surface area contributed by atoms with Gasteiger partial charge in [0.2, 0.25) is 0 Å². The smallest absolute Gasteiger partial charge is 0.270 e. The average Bonchev–Trinajstić information content (AvgIpc) is 3.41. The first-order chi connectivity index (χ1) is 13.6. The highest BCUT2D eigenvalue weighted by molar-refractivity contribution is 6.01. The summed E-state index contributed by atoms with van der Waals surface area (Å²) in [5.74, 6) is 0.274. The summed E-state index contributed by atoms with van der Waals surface area (Å²) in [7, 11) is 0. The van der Waals surface area contributed by atoms with Gasteiger partial charge < -0.3 is 15.0 Å². The van der Waals surface area contributed by atoms with Gasteiger partial charge in [-0.15, -0.1) is 0 Å². The number of benzene rings is 1. The van der Waals surface area contributed by atoms with Crippen LogP contribution >= 0.6 is 0 Å². The van der Waals surface area contributed by atoms with Gasteiger partial charge in [-0.2, -0.15) is 0 Å². The molecule has 2 N–H and O–H groups in total. The molecule has 146 valence electrons. The Hall–Kier alpha value is -2.86. The molecule has 2 aliphatic heterocycles. The second-order valence-corrected chi connectivity index (χ2v) is 7.49. The minimum atomic E-state index is -0.0176. The predicted octanol–water partition coefficient (Wildman–Crippen LogP) is 2.93. The molecule has 4 rings (SSSR count). The predicted molar refractivity (Wildman–Crippen MR) is 107 cm³/mol. The molecule has 0 unspecified atom stereocenters. The van der Waals surface area contributed by atoms with Gasteiger partial charge in [0.25, 0.3) is 5.91 Å². The Morgan fingerprint density at radius 1 is 1.07 bits per heavy atom. The fraction of sp³-hybridized carbons (Fsp3) is 0.364. The Balaban J connectivity index is 1.34. The molecule has 6 heteroatoms. The fourth-order valence-electron chi connectivity index (χ4n) is 3.86. The number of hydrogen-bond acceptors (Lipinski definition) is 4. The quantitative estimate of drug-likeness (QED) is 0.783. The number of aromatic amines is 1. The van der Waals surface area contributed by atoms with Gasteiger partial charge in [-0.25, -0.2) is 0 Å². The van der Waals surface area contributed by atoms with E-state index in [4.69, 9.17) is 0 Å². The van der Waals surface area contributed by atoms with Crippen LogP contribution in [-0.2, 0) is 0 Å². The van der Waals surface area contributed by atoms with Gasteiger partial charge in [0, 0.05) is 37.9 Å². The maximum absolute atomic E-state index is 12.6. The van der Waals surface area contributed by atoms with Crippen molar-refractivity contribution in [3.63, 3.8) is 0 Å². The number of carbonyl (C=O) groups is 2. The molecule has 28 heavy (non-hydrogen) atoms. The van der Waals surface area contributed by atoms with E-state index >= 15 is 0 Å². The summed E-state index contributed by atoms with van der Waals surface area (Å²) < 4.78 is 0. The molecule has 0 spiro atoms. The monoisotopic (exact) mass is 379 g/mol. The number of hydrogen-bond donors (Lipinski definition) is 2. The van der Waals surface area contributed by atoms with E-state index in [-0.39, 0.29) is 17.4 Å². The van der Waals surface area contributed by atoms with Crippen molar-refractivity contribution in [2.45, 2.75) is 19.3 Å². The van der Waals surface area contributed by atoms with Crippen LogP contribution in [-0.4, -0.2) is 64.3 Å². The number of nitrogens with one attached hydrogen (secondary N) is 1. The van der Waals surface area contributed by atoms with Crippen LogP contribution < -0.4 is 0 Å². The molecule has 1 amide bonds. The van der Waals surface area contributed by atoms with Gasteiger partial charge in [-0.3, -0.25) is 14.5 Å². The van der Waals surface area contributed by atoms with E-state index in [1.165, 1.54) is 5.57 Å². The number of phenols is 1. The highest BCUT2D eigenvalue weighted by Crippen LogP contribution is 2.24. The molecule has 0 atom stereocenters. The van der Waals surface area contributed by atoms with E-state index in [1.807, 2.05) is 17.0 Å². The van der Waals surface area contributed by atoms with Crippen molar-refractivity contribution in [3.8, 4) is 5.75 Å². The summed E-state index contributed by atoms with van der Waals surface area (Å²) in [6, 6.07) is 8.91. The van der Waals surface area contributed by atoms with Crippen LogP contribution in [0.4, 0.5) is 0 Å². The van der Waals surface area contributed by atoms with Crippen molar-refractivity contribution < 1.29 is 14.7 Å². The molecule has 0 aliphatic carbocycles. The van der Waals surface area contributed by atoms with Crippen LogP contribution in [0.3, 0.4) is 0 Å². The van der Waals surface area contributed by atoms with E-state index in [1.54, 1.807) is 24.4 Å². The summed E-state index contributed by atoms with van der Waals surface area (Å²) in [6.45, 7) is 3.46. The molecule has 3 heterocycles. The molecule has 0 saturated carbocycles. The van der Waals surface area contributed by atoms with E-state index in [0.29, 0.717) is 24.3 Å². The van der Waals surface area contributed by atoms with Crippen molar-refractivity contribution >= 4 is 17.3 Å². The van der Waals surface area contributed by atoms with E-state index in [9.17, 15) is 14.7 Å². The first-order valence-electron chi connectivity index (χ1n) is 9.82. The third-order valence-electron chi connectivity index (χ3n) is 5.53. The van der Waals surface area contributed by atoms with Crippen LogP contribution in [0.2, 0.25) is 0 Å². The fourth-order valence-corrected chi connectivity index (χ4v) is 3.86. The number of ketones is 1. The minimum absolute atomic E-state index is 0.0176. The molecule has 1 saturated heterocycles. The highest BCUT2D eigenvalue weighted by atomic mass is 16.3. The van der Waals surface area contributed by atoms with Gasteiger partial charge in [0.1, 0.15) is 11.4 Å². The van der Waals surface area contributed by atoms with Gasteiger partial charge in [0.05, 0.1) is 6.54 Å². The van der Waals surface area contributed by atoms with Crippen molar-refractivity contribution in [2.75, 3.05) is 32.7 Å². The van der Waals surface area contributed by atoms with Gasteiger partial charge in [-0.05, 0) is 48.6 Å².